The lowest BCUT2D eigenvalue weighted by atomic mass is 10.2. The first-order chi connectivity index (χ1) is 3.83. The Morgan fingerprint density at radius 1 is 1.62 bits per heavy atom. The molecule has 1 N–H and O–H groups in total. The lowest BCUT2D eigenvalue weighted by Crippen LogP contribution is -2.49. The maximum atomic E-state index is 12.0. The summed E-state index contributed by atoms with van der Waals surface area (Å²) in [6.07, 6.45) is -0.637. The summed E-state index contributed by atoms with van der Waals surface area (Å²) in [5.74, 6) is 0. The topological polar surface area (TPSA) is 23.5 Å². The van der Waals surface area contributed by atoms with Crippen LogP contribution in [0.5, 0.6) is 0 Å². The number of nitrogens with zero attached hydrogens (tertiary/aromatic N) is 1. The molecule has 3 heteroatoms. The number of aliphatic hydroxyl groups excluding tert-OH is 1. The maximum absolute atomic E-state index is 12.0. The summed E-state index contributed by atoms with van der Waals surface area (Å²) in [6.45, 7) is 1.80. The summed E-state index contributed by atoms with van der Waals surface area (Å²) in [5.41, 5.74) is 0. The highest BCUT2D eigenvalue weighted by atomic mass is 19.1. The van der Waals surface area contributed by atoms with Crippen molar-refractivity contribution < 1.29 is 9.50 Å². The number of halogens is 1. The molecular weight excluding hydrogens is 109 g/mol. The van der Waals surface area contributed by atoms with Crippen LogP contribution in [0.1, 0.15) is 0 Å². The summed E-state index contributed by atoms with van der Waals surface area (Å²) in [5, 5.41) is 8.32. The molecule has 0 spiro atoms. The minimum absolute atomic E-state index is 0.146. The van der Waals surface area contributed by atoms with E-state index in [2.05, 4.69) is 0 Å². The Labute approximate surface area is 47.9 Å². The number of rotatable bonds is 2. The molecule has 1 aliphatic rings. The third-order valence-corrected chi connectivity index (χ3v) is 1.33. The van der Waals surface area contributed by atoms with Crippen LogP contribution in [0, 0.1) is 0 Å². The zero-order valence-electron chi connectivity index (χ0n) is 4.68. The molecule has 0 aromatic rings. The van der Waals surface area contributed by atoms with Gasteiger partial charge in [0, 0.05) is 19.6 Å². The Kier molecular flexibility index (Phi) is 1.81. The molecule has 1 aliphatic heterocycles. The van der Waals surface area contributed by atoms with Gasteiger partial charge in [0.1, 0.15) is 6.17 Å². The number of aliphatic hydroxyl groups is 1. The van der Waals surface area contributed by atoms with Crippen molar-refractivity contribution in [2.24, 2.45) is 0 Å². The second-order valence-electron chi connectivity index (χ2n) is 2.08. The number of alkyl halides is 1. The lowest BCUT2D eigenvalue weighted by molar-refractivity contribution is 0.0507. The summed E-state index contributed by atoms with van der Waals surface area (Å²) in [4.78, 5) is 1.88. The highest BCUT2D eigenvalue weighted by Gasteiger charge is 2.24. The molecule has 8 heavy (non-hydrogen) atoms. The molecule has 0 saturated carbocycles. The van der Waals surface area contributed by atoms with Crippen molar-refractivity contribution in [1.29, 1.82) is 0 Å². The molecule has 0 aromatic carbocycles. The van der Waals surface area contributed by atoms with Crippen LogP contribution in [-0.4, -0.2) is 42.4 Å². The number of β-amino-alcohol motifs (C(OH)–C–C–N with tert-alkyl or cyclic N) is 1. The van der Waals surface area contributed by atoms with E-state index in [1.54, 1.807) is 0 Å². The Morgan fingerprint density at radius 3 is 2.62 bits per heavy atom. The fourth-order valence-corrected chi connectivity index (χ4v) is 0.831. The minimum Gasteiger partial charge on any atom is -0.395 e. The van der Waals surface area contributed by atoms with Gasteiger partial charge < -0.3 is 5.11 Å². The molecule has 0 atom stereocenters. The minimum atomic E-state index is -0.637. The lowest BCUT2D eigenvalue weighted by Gasteiger charge is -2.33. The van der Waals surface area contributed by atoms with Crippen LogP contribution in [0.4, 0.5) is 4.39 Å². The third kappa shape index (κ3) is 1.17. The molecule has 0 unspecified atom stereocenters. The second kappa shape index (κ2) is 2.42. The van der Waals surface area contributed by atoms with Gasteiger partial charge in [0.05, 0.1) is 6.61 Å². The van der Waals surface area contributed by atoms with E-state index in [1.165, 1.54) is 0 Å². The van der Waals surface area contributed by atoms with Crippen LogP contribution >= 0.6 is 0 Å². The van der Waals surface area contributed by atoms with Crippen molar-refractivity contribution in [3.63, 3.8) is 0 Å². The molecule has 0 aliphatic carbocycles. The first kappa shape index (κ1) is 5.98. The van der Waals surface area contributed by atoms with Crippen molar-refractivity contribution in [2.75, 3.05) is 26.2 Å². The number of hydrogen-bond acceptors (Lipinski definition) is 2. The second-order valence-corrected chi connectivity index (χ2v) is 2.08. The van der Waals surface area contributed by atoms with Crippen LogP contribution < -0.4 is 0 Å². The van der Waals surface area contributed by atoms with E-state index in [0.717, 1.165) is 0 Å². The number of likely N-dealkylation sites (tertiary alicyclic amines) is 1. The Bertz CT molecular complexity index is 70.1. The highest BCUT2D eigenvalue weighted by molar-refractivity contribution is 4.78. The van der Waals surface area contributed by atoms with Gasteiger partial charge in [-0.25, -0.2) is 4.39 Å². The van der Waals surface area contributed by atoms with E-state index < -0.39 is 6.17 Å². The molecule has 0 radical (unpaired) electrons. The van der Waals surface area contributed by atoms with Gasteiger partial charge in [0.2, 0.25) is 0 Å². The molecule has 1 rings (SSSR count). The van der Waals surface area contributed by atoms with Gasteiger partial charge in [-0.05, 0) is 0 Å². The SMILES string of the molecule is OCCN1CC(F)C1. The average Bonchev–Trinajstić information content (AvgIpc) is 1.64. The molecule has 2 nitrogen and oxygen atoms in total. The monoisotopic (exact) mass is 119 g/mol. The maximum Gasteiger partial charge on any atom is 0.125 e. The Morgan fingerprint density at radius 2 is 2.25 bits per heavy atom. The van der Waals surface area contributed by atoms with E-state index in [-0.39, 0.29) is 6.61 Å². The van der Waals surface area contributed by atoms with Crippen molar-refractivity contribution in [1.82, 2.24) is 4.90 Å². The summed E-state index contributed by atoms with van der Waals surface area (Å²) in [7, 11) is 0. The van der Waals surface area contributed by atoms with Crippen LogP contribution in [-0.2, 0) is 0 Å². The number of hydrogen-bond donors (Lipinski definition) is 1. The van der Waals surface area contributed by atoms with Gasteiger partial charge in [-0.15, -0.1) is 0 Å². The van der Waals surface area contributed by atoms with Gasteiger partial charge >= 0.3 is 0 Å². The third-order valence-electron chi connectivity index (χ3n) is 1.33. The Balaban J connectivity index is 1.98. The van der Waals surface area contributed by atoms with Crippen molar-refractivity contribution >= 4 is 0 Å². The molecule has 0 amide bonds. The molecule has 1 heterocycles. The summed E-state index contributed by atoms with van der Waals surface area (Å²) < 4.78 is 12.0. The molecule has 1 fully saturated rings. The first-order valence-electron chi connectivity index (χ1n) is 2.80. The molecule has 48 valence electrons. The predicted molar refractivity (Wildman–Crippen MR) is 28.4 cm³/mol. The van der Waals surface area contributed by atoms with Gasteiger partial charge in [-0.2, -0.15) is 0 Å². The fourth-order valence-electron chi connectivity index (χ4n) is 0.831. The summed E-state index contributed by atoms with van der Waals surface area (Å²) >= 11 is 0. The predicted octanol–water partition coefficient (Wildman–Crippen LogP) is -0.368. The fraction of sp³-hybridized carbons (Fsp3) is 1.00. The highest BCUT2D eigenvalue weighted by Crippen LogP contribution is 2.08. The zero-order valence-corrected chi connectivity index (χ0v) is 4.68. The van der Waals surface area contributed by atoms with Gasteiger partial charge in [-0.3, -0.25) is 4.90 Å². The first-order valence-corrected chi connectivity index (χ1v) is 2.80. The zero-order chi connectivity index (χ0) is 5.98. The van der Waals surface area contributed by atoms with Crippen LogP contribution in [0.3, 0.4) is 0 Å². The van der Waals surface area contributed by atoms with Gasteiger partial charge in [0.15, 0.2) is 0 Å². The van der Waals surface area contributed by atoms with Crippen LogP contribution in [0.15, 0.2) is 0 Å². The molecule has 0 aromatic heterocycles. The Hall–Kier alpha value is -0.150. The average molecular weight is 119 g/mol. The van der Waals surface area contributed by atoms with Gasteiger partial charge in [-0.1, -0.05) is 0 Å². The van der Waals surface area contributed by atoms with Crippen LogP contribution in [0.25, 0.3) is 0 Å². The molecular formula is C5H10FNO. The van der Waals surface area contributed by atoms with E-state index in [0.29, 0.717) is 19.6 Å². The van der Waals surface area contributed by atoms with E-state index >= 15 is 0 Å². The summed E-state index contributed by atoms with van der Waals surface area (Å²) in [6, 6.07) is 0. The standard InChI is InChI=1S/C5H10FNO/c6-5-3-7(4-5)1-2-8/h5,8H,1-4H2. The normalized spacial score (nSPS) is 23.2. The van der Waals surface area contributed by atoms with Crippen LogP contribution in [0.2, 0.25) is 0 Å². The molecule has 1 saturated heterocycles. The van der Waals surface area contributed by atoms with Crippen molar-refractivity contribution in [3.8, 4) is 0 Å². The smallest absolute Gasteiger partial charge is 0.125 e. The quantitative estimate of drug-likeness (QED) is 0.536. The van der Waals surface area contributed by atoms with E-state index in [1.807, 2.05) is 4.90 Å². The van der Waals surface area contributed by atoms with E-state index in [9.17, 15) is 4.39 Å². The largest absolute Gasteiger partial charge is 0.395 e. The van der Waals surface area contributed by atoms with Crippen molar-refractivity contribution in [3.05, 3.63) is 0 Å². The van der Waals surface area contributed by atoms with Crippen molar-refractivity contribution in [2.45, 2.75) is 6.17 Å². The molecule has 0 bridgehead atoms. The van der Waals surface area contributed by atoms with E-state index in [4.69, 9.17) is 5.11 Å². The van der Waals surface area contributed by atoms with Gasteiger partial charge in [0.25, 0.3) is 0 Å².